The Morgan fingerprint density at radius 3 is 2.52 bits per heavy atom. The SMILES string of the molecule is COc1c(C(=O)O)n(Cc2ccc(Cl)c(C(F)(F)F)c2)c2ccc(O)cc12. The molecule has 0 unspecified atom stereocenters. The Morgan fingerprint density at radius 1 is 1.22 bits per heavy atom. The second-order valence-electron chi connectivity index (χ2n) is 5.79. The van der Waals surface area contributed by atoms with Crippen molar-refractivity contribution in [3.63, 3.8) is 0 Å². The average Bonchev–Trinajstić information content (AvgIpc) is 2.88. The number of fused-ring (bicyclic) bond motifs is 1. The quantitative estimate of drug-likeness (QED) is 0.662. The van der Waals surface area contributed by atoms with Crippen molar-refractivity contribution < 1.29 is 32.9 Å². The molecule has 2 N–H and O–H groups in total. The van der Waals surface area contributed by atoms with E-state index in [1.54, 1.807) is 0 Å². The largest absolute Gasteiger partial charge is 0.508 e. The zero-order valence-electron chi connectivity index (χ0n) is 13.8. The van der Waals surface area contributed by atoms with Gasteiger partial charge in [0.15, 0.2) is 11.4 Å². The number of halogens is 4. The number of hydrogen-bond acceptors (Lipinski definition) is 3. The van der Waals surface area contributed by atoms with E-state index < -0.39 is 22.7 Å². The van der Waals surface area contributed by atoms with E-state index in [-0.39, 0.29) is 29.3 Å². The van der Waals surface area contributed by atoms with Crippen molar-refractivity contribution >= 4 is 28.5 Å². The molecule has 0 aliphatic rings. The number of rotatable bonds is 4. The van der Waals surface area contributed by atoms with Crippen LogP contribution in [0.1, 0.15) is 21.6 Å². The predicted molar refractivity (Wildman–Crippen MR) is 92.7 cm³/mol. The lowest BCUT2D eigenvalue weighted by molar-refractivity contribution is -0.137. The van der Waals surface area contributed by atoms with E-state index in [2.05, 4.69) is 0 Å². The number of carbonyl (C=O) groups is 1. The summed E-state index contributed by atoms with van der Waals surface area (Å²) in [6, 6.07) is 7.55. The number of phenolic OH excluding ortho intramolecular Hbond substituents is 1. The van der Waals surface area contributed by atoms with Gasteiger partial charge in [0.2, 0.25) is 0 Å². The average molecular weight is 400 g/mol. The maximum absolute atomic E-state index is 13.1. The molecular weight excluding hydrogens is 387 g/mol. The maximum atomic E-state index is 13.1. The number of aromatic carboxylic acids is 1. The number of carboxylic acids is 1. The van der Waals surface area contributed by atoms with Crippen molar-refractivity contribution in [2.75, 3.05) is 7.11 Å². The summed E-state index contributed by atoms with van der Waals surface area (Å²) in [7, 11) is 1.28. The zero-order valence-corrected chi connectivity index (χ0v) is 14.6. The van der Waals surface area contributed by atoms with Crippen LogP contribution in [0.3, 0.4) is 0 Å². The third-order valence-electron chi connectivity index (χ3n) is 4.08. The number of aromatic hydroxyl groups is 1. The Morgan fingerprint density at radius 2 is 1.93 bits per heavy atom. The number of aromatic nitrogens is 1. The molecule has 0 spiro atoms. The van der Waals surface area contributed by atoms with Gasteiger partial charge < -0.3 is 19.5 Å². The van der Waals surface area contributed by atoms with Crippen molar-refractivity contribution in [3.8, 4) is 11.5 Å². The first-order chi connectivity index (χ1) is 12.6. The van der Waals surface area contributed by atoms with Crippen molar-refractivity contribution in [1.82, 2.24) is 4.57 Å². The van der Waals surface area contributed by atoms with Crippen LogP contribution in [0, 0.1) is 0 Å². The van der Waals surface area contributed by atoms with Crippen LogP contribution in [-0.4, -0.2) is 27.9 Å². The molecule has 9 heteroatoms. The molecule has 0 saturated heterocycles. The molecule has 3 aromatic rings. The first-order valence-electron chi connectivity index (χ1n) is 7.61. The highest BCUT2D eigenvalue weighted by Gasteiger charge is 2.33. The fourth-order valence-electron chi connectivity index (χ4n) is 2.97. The summed E-state index contributed by atoms with van der Waals surface area (Å²) in [5.41, 5.74) is -0.631. The summed E-state index contributed by atoms with van der Waals surface area (Å²) >= 11 is 5.64. The molecule has 0 amide bonds. The van der Waals surface area contributed by atoms with Gasteiger partial charge in [0.05, 0.1) is 23.2 Å². The second-order valence-corrected chi connectivity index (χ2v) is 6.19. The third-order valence-corrected chi connectivity index (χ3v) is 4.41. The van der Waals surface area contributed by atoms with E-state index in [0.717, 1.165) is 12.1 Å². The van der Waals surface area contributed by atoms with Crippen LogP contribution in [0.4, 0.5) is 13.2 Å². The Hall–Kier alpha value is -2.87. The summed E-state index contributed by atoms with van der Waals surface area (Å²) in [4.78, 5) is 11.8. The minimum Gasteiger partial charge on any atom is -0.508 e. The molecule has 1 aromatic heterocycles. The Bertz CT molecular complexity index is 1040. The summed E-state index contributed by atoms with van der Waals surface area (Å²) in [6.07, 6.45) is -4.63. The molecule has 0 fully saturated rings. The molecule has 0 atom stereocenters. The molecular formula is C18H13ClF3NO4. The van der Waals surface area contributed by atoms with Gasteiger partial charge in [-0.25, -0.2) is 4.79 Å². The third kappa shape index (κ3) is 3.40. The summed E-state index contributed by atoms with van der Waals surface area (Å²) < 4.78 is 45.8. The molecule has 142 valence electrons. The molecule has 5 nitrogen and oxygen atoms in total. The van der Waals surface area contributed by atoms with Crippen LogP contribution < -0.4 is 4.74 Å². The Labute approximate surface area is 156 Å². The number of ether oxygens (including phenoxy) is 1. The monoisotopic (exact) mass is 399 g/mol. The summed E-state index contributed by atoms with van der Waals surface area (Å²) in [6.45, 7) is -0.160. The molecule has 27 heavy (non-hydrogen) atoms. The van der Waals surface area contributed by atoms with Gasteiger partial charge >= 0.3 is 12.1 Å². The number of benzene rings is 2. The molecule has 2 aromatic carbocycles. The predicted octanol–water partition coefficient (Wildman–Crippen LogP) is 4.77. The first-order valence-corrected chi connectivity index (χ1v) is 7.99. The van der Waals surface area contributed by atoms with Crippen LogP contribution >= 0.6 is 11.6 Å². The number of hydrogen-bond donors (Lipinski definition) is 2. The van der Waals surface area contributed by atoms with Crippen LogP contribution in [-0.2, 0) is 12.7 Å². The number of alkyl halides is 3. The number of carboxylic acid groups (broad SMARTS) is 1. The van der Waals surface area contributed by atoms with Gasteiger partial charge in [-0.3, -0.25) is 0 Å². The normalized spacial score (nSPS) is 11.7. The number of methoxy groups -OCH3 is 1. The van der Waals surface area contributed by atoms with Crippen LogP contribution in [0.5, 0.6) is 11.5 Å². The lowest BCUT2D eigenvalue weighted by Gasteiger charge is -2.13. The minimum absolute atomic E-state index is 0.0124. The van der Waals surface area contributed by atoms with Crippen LogP contribution in [0.15, 0.2) is 36.4 Å². The van der Waals surface area contributed by atoms with E-state index >= 15 is 0 Å². The van der Waals surface area contributed by atoms with E-state index in [1.807, 2.05) is 0 Å². The van der Waals surface area contributed by atoms with Gasteiger partial charge in [-0.1, -0.05) is 17.7 Å². The van der Waals surface area contributed by atoms with Crippen molar-refractivity contribution in [1.29, 1.82) is 0 Å². The first kappa shape index (κ1) is 18.9. The molecule has 1 heterocycles. The number of nitrogens with zero attached hydrogens (tertiary/aromatic N) is 1. The van der Waals surface area contributed by atoms with Crippen molar-refractivity contribution in [2.24, 2.45) is 0 Å². The van der Waals surface area contributed by atoms with Gasteiger partial charge in [-0.05, 0) is 35.9 Å². The van der Waals surface area contributed by atoms with Gasteiger partial charge in [0.25, 0.3) is 0 Å². The summed E-state index contributed by atoms with van der Waals surface area (Å²) in [5, 5.41) is 19.2. The lowest BCUT2D eigenvalue weighted by atomic mass is 10.1. The van der Waals surface area contributed by atoms with Crippen molar-refractivity contribution in [2.45, 2.75) is 12.7 Å². The molecule has 0 bridgehead atoms. The summed E-state index contributed by atoms with van der Waals surface area (Å²) in [5.74, 6) is -1.40. The van der Waals surface area contributed by atoms with E-state index in [0.29, 0.717) is 10.9 Å². The van der Waals surface area contributed by atoms with Crippen molar-refractivity contribution in [3.05, 3.63) is 58.2 Å². The van der Waals surface area contributed by atoms with Gasteiger partial charge in [-0.2, -0.15) is 13.2 Å². The van der Waals surface area contributed by atoms with E-state index in [4.69, 9.17) is 16.3 Å². The highest BCUT2D eigenvalue weighted by atomic mass is 35.5. The lowest BCUT2D eigenvalue weighted by Crippen LogP contribution is -2.12. The molecule has 0 saturated carbocycles. The molecule has 0 aliphatic heterocycles. The molecule has 3 rings (SSSR count). The zero-order chi connectivity index (χ0) is 19.9. The molecule has 0 aliphatic carbocycles. The van der Waals surface area contributed by atoms with E-state index in [9.17, 15) is 28.2 Å². The standard InChI is InChI=1S/C18H13ClF3NO4/c1-27-16-11-7-10(24)3-5-14(11)23(15(16)17(25)26)8-9-2-4-13(19)12(6-9)18(20,21)22/h2-7,24H,8H2,1H3,(H,25,26). The minimum atomic E-state index is -4.63. The second kappa shape index (κ2) is 6.70. The van der Waals surface area contributed by atoms with Crippen LogP contribution in [0.2, 0.25) is 5.02 Å². The number of phenols is 1. The maximum Gasteiger partial charge on any atom is 0.417 e. The van der Waals surface area contributed by atoms with Gasteiger partial charge in [0, 0.05) is 11.9 Å². The fourth-order valence-corrected chi connectivity index (χ4v) is 3.19. The van der Waals surface area contributed by atoms with Gasteiger partial charge in [-0.15, -0.1) is 0 Å². The molecule has 0 radical (unpaired) electrons. The Balaban J connectivity index is 2.21. The van der Waals surface area contributed by atoms with Crippen LogP contribution in [0.25, 0.3) is 10.9 Å². The fraction of sp³-hybridized carbons (Fsp3) is 0.167. The smallest absolute Gasteiger partial charge is 0.417 e. The topological polar surface area (TPSA) is 71.7 Å². The Kier molecular flexibility index (Phi) is 4.69. The van der Waals surface area contributed by atoms with E-state index in [1.165, 1.54) is 35.9 Å². The highest BCUT2D eigenvalue weighted by molar-refractivity contribution is 6.31. The van der Waals surface area contributed by atoms with Gasteiger partial charge in [0.1, 0.15) is 5.75 Å². The highest BCUT2D eigenvalue weighted by Crippen LogP contribution is 2.38.